The summed E-state index contributed by atoms with van der Waals surface area (Å²) in [6.07, 6.45) is 3.85. The molecule has 4 nitrogen and oxygen atoms in total. The van der Waals surface area contributed by atoms with Crippen LogP contribution in [0, 0.1) is 0 Å². The fourth-order valence-electron chi connectivity index (χ4n) is 2.90. The Bertz CT molecular complexity index is 643. The van der Waals surface area contributed by atoms with Gasteiger partial charge < -0.3 is 16.0 Å². The molecule has 0 aliphatic carbocycles. The van der Waals surface area contributed by atoms with Gasteiger partial charge in [0.05, 0.1) is 0 Å². The number of carbonyl (C=O) groups is 1. The molecule has 1 saturated heterocycles. The van der Waals surface area contributed by atoms with Crippen LogP contribution in [-0.4, -0.2) is 19.0 Å². The molecule has 0 atom stereocenters. The lowest BCUT2D eigenvalue weighted by atomic mass is 10.1. The summed E-state index contributed by atoms with van der Waals surface area (Å²) in [7, 11) is 0. The van der Waals surface area contributed by atoms with Crippen LogP contribution in [0.15, 0.2) is 48.5 Å². The number of benzene rings is 2. The predicted octanol–water partition coefficient (Wildman–Crippen LogP) is 3.39. The van der Waals surface area contributed by atoms with Crippen LogP contribution in [-0.2, 0) is 6.54 Å². The van der Waals surface area contributed by atoms with Gasteiger partial charge in [-0.05, 0) is 61.2 Å². The molecule has 3 rings (SSSR count). The van der Waals surface area contributed by atoms with E-state index in [4.69, 9.17) is 5.73 Å². The summed E-state index contributed by atoms with van der Waals surface area (Å²) >= 11 is 0. The largest absolute Gasteiger partial charge is 0.372 e. The van der Waals surface area contributed by atoms with Crippen molar-refractivity contribution in [2.24, 2.45) is 5.73 Å². The fraction of sp³-hybridized carbons (Fsp3) is 0.316. The van der Waals surface area contributed by atoms with E-state index < -0.39 is 0 Å². The summed E-state index contributed by atoms with van der Waals surface area (Å²) in [6, 6.07) is 15.5. The number of nitrogens with two attached hydrogens (primary N) is 1. The molecule has 1 fully saturated rings. The maximum absolute atomic E-state index is 12.2. The number of hydrogen-bond donors (Lipinski definition) is 2. The zero-order valence-corrected chi connectivity index (χ0v) is 13.3. The van der Waals surface area contributed by atoms with Crippen molar-refractivity contribution in [2.45, 2.75) is 25.8 Å². The Balaban J connectivity index is 1.63. The average molecular weight is 309 g/mol. The second-order valence-electron chi connectivity index (χ2n) is 5.95. The summed E-state index contributed by atoms with van der Waals surface area (Å²) in [5.74, 6) is -0.0979. The third kappa shape index (κ3) is 3.90. The number of anilines is 2. The van der Waals surface area contributed by atoms with Crippen LogP contribution in [0.5, 0.6) is 0 Å². The smallest absolute Gasteiger partial charge is 0.255 e. The van der Waals surface area contributed by atoms with Gasteiger partial charge in [-0.1, -0.05) is 12.1 Å². The molecule has 0 aromatic heterocycles. The van der Waals surface area contributed by atoms with E-state index in [1.807, 2.05) is 24.3 Å². The van der Waals surface area contributed by atoms with Crippen molar-refractivity contribution >= 4 is 17.3 Å². The zero-order valence-electron chi connectivity index (χ0n) is 13.3. The van der Waals surface area contributed by atoms with Gasteiger partial charge >= 0.3 is 0 Å². The van der Waals surface area contributed by atoms with Crippen molar-refractivity contribution in [1.29, 1.82) is 0 Å². The summed E-state index contributed by atoms with van der Waals surface area (Å²) in [5, 5.41) is 2.94. The molecule has 0 saturated carbocycles. The number of nitrogens with one attached hydrogen (secondary N) is 1. The molecule has 1 aliphatic rings. The Labute approximate surface area is 137 Å². The average Bonchev–Trinajstić information content (AvgIpc) is 2.63. The second kappa shape index (κ2) is 7.29. The first-order valence-corrected chi connectivity index (χ1v) is 8.21. The molecule has 1 heterocycles. The van der Waals surface area contributed by atoms with E-state index in [2.05, 4.69) is 22.3 Å². The van der Waals surface area contributed by atoms with Crippen molar-refractivity contribution in [2.75, 3.05) is 23.3 Å². The third-order valence-corrected chi connectivity index (χ3v) is 4.30. The molecule has 3 N–H and O–H groups in total. The lowest BCUT2D eigenvalue weighted by molar-refractivity contribution is 0.102. The highest BCUT2D eigenvalue weighted by atomic mass is 16.1. The quantitative estimate of drug-likeness (QED) is 0.910. The third-order valence-electron chi connectivity index (χ3n) is 4.30. The van der Waals surface area contributed by atoms with E-state index in [1.165, 1.54) is 24.9 Å². The van der Waals surface area contributed by atoms with Crippen LogP contribution in [0.1, 0.15) is 35.2 Å². The van der Waals surface area contributed by atoms with Gasteiger partial charge in [0.15, 0.2) is 0 Å². The number of carbonyl (C=O) groups excluding carboxylic acids is 1. The molecule has 0 radical (unpaired) electrons. The number of rotatable bonds is 4. The summed E-state index contributed by atoms with van der Waals surface area (Å²) < 4.78 is 0. The number of amides is 1. The molecule has 4 heteroatoms. The highest BCUT2D eigenvalue weighted by Gasteiger charge is 2.11. The highest BCUT2D eigenvalue weighted by Crippen LogP contribution is 2.22. The molecular formula is C19H23N3O. The second-order valence-corrected chi connectivity index (χ2v) is 5.95. The van der Waals surface area contributed by atoms with Crippen LogP contribution in [0.2, 0.25) is 0 Å². The number of piperidine rings is 1. The molecular weight excluding hydrogens is 286 g/mol. The van der Waals surface area contributed by atoms with E-state index in [0.717, 1.165) is 24.3 Å². The van der Waals surface area contributed by atoms with E-state index in [-0.39, 0.29) is 5.91 Å². The standard InChI is InChI=1S/C19H23N3O/c20-14-15-4-6-16(7-5-15)19(23)21-17-8-10-18(11-9-17)22-12-2-1-3-13-22/h4-11H,1-3,12-14,20H2,(H,21,23). The van der Waals surface area contributed by atoms with E-state index in [9.17, 15) is 4.79 Å². The van der Waals surface area contributed by atoms with Gasteiger partial charge in [0, 0.05) is 36.6 Å². The van der Waals surface area contributed by atoms with Crippen LogP contribution in [0.25, 0.3) is 0 Å². The topological polar surface area (TPSA) is 58.4 Å². The SMILES string of the molecule is NCc1ccc(C(=O)Nc2ccc(N3CCCCC3)cc2)cc1. The van der Waals surface area contributed by atoms with Crippen molar-refractivity contribution in [3.05, 3.63) is 59.7 Å². The van der Waals surface area contributed by atoms with Crippen molar-refractivity contribution in [3.8, 4) is 0 Å². The van der Waals surface area contributed by atoms with Crippen LogP contribution >= 0.6 is 0 Å². The van der Waals surface area contributed by atoms with Crippen LogP contribution in [0.4, 0.5) is 11.4 Å². The van der Waals surface area contributed by atoms with Gasteiger partial charge in [-0.2, -0.15) is 0 Å². The number of hydrogen-bond acceptors (Lipinski definition) is 3. The Kier molecular flexibility index (Phi) is 4.93. The summed E-state index contributed by atoms with van der Waals surface area (Å²) in [6.45, 7) is 2.73. The van der Waals surface area contributed by atoms with Gasteiger partial charge in [0.1, 0.15) is 0 Å². The molecule has 0 spiro atoms. The molecule has 1 amide bonds. The Hall–Kier alpha value is -2.33. The van der Waals surface area contributed by atoms with Crippen molar-refractivity contribution in [1.82, 2.24) is 0 Å². The fourth-order valence-corrected chi connectivity index (χ4v) is 2.90. The van der Waals surface area contributed by atoms with Crippen LogP contribution < -0.4 is 16.0 Å². The normalized spacial score (nSPS) is 14.6. The minimum Gasteiger partial charge on any atom is -0.372 e. The lowest BCUT2D eigenvalue weighted by Crippen LogP contribution is -2.29. The van der Waals surface area contributed by atoms with Crippen molar-refractivity contribution in [3.63, 3.8) is 0 Å². The Morgan fingerprint density at radius 3 is 2.22 bits per heavy atom. The van der Waals surface area contributed by atoms with Crippen LogP contribution in [0.3, 0.4) is 0 Å². The van der Waals surface area contributed by atoms with Gasteiger partial charge in [0.25, 0.3) is 5.91 Å². The van der Waals surface area contributed by atoms with E-state index in [0.29, 0.717) is 12.1 Å². The lowest BCUT2D eigenvalue weighted by Gasteiger charge is -2.28. The highest BCUT2D eigenvalue weighted by molar-refractivity contribution is 6.04. The first kappa shape index (κ1) is 15.6. The Morgan fingerprint density at radius 2 is 1.61 bits per heavy atom. The van der Waals surface area contributed by atoms with E-state index >= 15 is 0 Å². The molecule has 2 aromatic carbocycles. The molecule has 120 valence electrons. The Morgan fingerprint density at radius 1 is 0.957 bits per heavy atom. The van der Waals surface area contributed by atoms with E-state index in [1.54, 1.807) is 12.1 Å². The zero-order chi connectivity index (χ0) is 16.1. The van der Waals surface area contributed by atoms with Gasteiger partial charge in [-0.25, -0.2) is 0 Å². The molecule has 0 unspecified atom stereocenters. The minimum absolute atomic E-state index is 0.0979. The van der Waals surface area contributed by atoms with Crippen molar-refractivity contribution < 1.29 is 4.79 Å². The minimum atomic E-state index is -0.0979. The first-order valence-electron chi connectivity index (χ1n) is 8.21. The predicted molar refractivity (Wildman–Crippen MR) is 94.8 cm³/mol. The number of nitrogens with zero attached hydrogens (tertiary/aromatic N) is 1. The molecule has 2 aromatic rings. The van der Waals surface area contributed by atoms with Gasteiger partial charge in [-0.3, -0.25) is 4.79 Å². The molecule has 1 aliphatic heterocycles. The molecule has 0 bridgehead atoms. The summed E-state index contributed by atoms with van der Waals surface area (Å²) in [5.41, 5.74) is 9.28. The maximum atomic E-state index is 12.2. The summed E-state index contributed by atoms with van der Waals surface area (Å²) in [4.78, 5) is 14.7. The maximum Gasteiger partial charge on any atom is 0.255 e. The molecule has 23 heavy (non-hydrogen) atoms. The van der Waals surface area contributed by atoms with Gasteiger partial charge in [-0.15, -0.1) is 0 Å². The first-order chi connectivity index (χ1) is 11.3. The monoisotopic (exact) mass is 309 g/mol. The van der Waals surface area contributed by atoms with Gasteiger partial charge in [0.2, 0.25) is 0 Å².